The van der Waals surface area contributed by atoms with Crippen LogP contribution in [-0.2, 0) is 0 Å². The highest BCUT2D eigenvalue weighted by atomic mass is 35.5. The van der Waals surface area contributed by atoms with Crippen molar-refractivity contribution in [3.8, 4) is 0 Å². The molecule has 1 nitrogen and oxygen atoms in total. The van der Waals surface area contributed by atoms with Crippen molar-refractivity contribution in [2.45, 2.75) is 50.0 Å². The Hall–Kier alpha value is -0.180. The topological polar surface area (TPSA) is 26.0 Å². The van der Waals surface area contributed by atoms with Crippen LogP contribution in [0.2, 0.25) is 5.02 Å². The third-order valence-electron chi connectivity index (χ3n) is 2.72. The molecule has 1 atom stereocenters. The van der Waals surface area contributed by atoms with Crippen molar-refractivity contribution >= 4 is 23.4 Å². The zero-order chi connectivity index (χ0) is 12.5. The first kappa shape index (κ1) is 14.9. The first-order chi connectivity index (χ1) is 8.24. The van der Waals surface area contributed by atoms with E-state index in [-0.39, 0.29) is 6.04 Å². The second-order valence-corrected chi connectivity index (χ2v) is 5.82. The van der Waals surface area contributed by atoms with Gasteiger partial charge in [-0.3, -0.25) is 0 Å². The van der Waals surface area contributed by atoms with Crippen LogP contribution in [0.4, 0.5) is 0 Å². The molecule has 0 bridgehead atoms. The Labute approximate surface area is 114 Å². The van der Waals surface area contributed by atoms with Crippen LogP contribution in [0, 0.1) is 0 Å². The number of thioether (sulfide) groups is 1. The van der Waals surface area contributed by atoms with Crippen molar-refractivity contribution in [1.82, 2.24) is 0 Å². The predicted molar refractivity (Wildman–Crippen MR) is 78.9 cm³/mol. The summed E-state index contributed by atoms with van der Waals surface area (Å²) in [4.78, 5) is 1.14. The Balaban J connectivity index is 2.19. The molecule has 0 fully saturated rings. The van der Waals surface area contributed by atoms with Crippen LogP contribution in [0.25, 0.3) is 0 Å². The molecule has 0 heterocycles. The lowest BCUT2D eigenvalue weighted by Crippen LogP contribution is -2.22. The molecule has 2 N–H and O–H groups in total. The highest BCUT2D eigenvalue weighted by Gasteiger charge is 2.05. The summed E-state index contributed by atoms with van der Waals surface area (Å²) in [7, 11) is 0. The van der Waals surface area contributed by atoms with Crippen LogP contribution in [-0.4, -0.2) is 11.8 Å². The number of halogens is 1. The third kappa shape index (κ3) is 6.35. The summed E-state index contributed by atoms with van der Waals surface area (Å²) in [5.74, 6) is 0.954. The van der Waals surface area contributed by atoms with Crippen LogP contribution < -0.4 is 5.73 Å². The van der Waals surface area contributed by atoms with E-state index < -0.39 is 0 Å². The van der Waals surface area contributed by atoms with E-state index in [1.54, 1.807) is 11.8 Å². The fourth-order valence-corrected chi connectivity index (χ4v) is 2.92. The van der Waals surface area contributed by atoms with E-state index in [0.717, 1.165) is 22.1 Å². The van der Waals surface area contributed by atoms with Crippen molar-refractivity contribution in [1.29, 1.82) is 0 Å². The summed E-state index contributed by atoms with van der Waals surface area (Å²) in [6, 6.07) is 8.24. The standard InChI is InChI=1S/C14H22ClNS/c1-2-3-4-5-8-12(16)11-17-14-10-7-6-9-13(14)15/h6-7,9-10,12H,2-5,8,11,16H2,1H3. The van der Waals surface area contributed by atoms with E-state index in [0.29, 0.717) is 0 Å². The van der Waals surface area contributed by atoms with Crippen molar-refractivity contribution < 1.29 is 0 Å². The molecule has 3 heteroatoms. The summed E-state index contributed by atoms with van der Waals surface area (Å²) in [6.07, 6.45) is 6.28. The Kier molecular flexibility index (Phi) is 7.74. The van der Waals surface area contributed by atoms with Gasteiger partial charge in [-0.2, -0.15) is 0 Å². The van der Waals surface area contributed by atoms with Crippen LogP contribution in [0.15, 0.2) is 29.2 Å². The maximum Gasteiger partial charge on any atom is 0.0541 e. The Morgan fingerprint density at radius 1 is 1.24 bits per heavy atom. The molecule has 1 aromatic carbocycles. The van der Waals surface area contributed by atoms with Gasteiger partial charge in [0.05, 0.1) is 5.02 Å². The van der Waals surface area contributed by atoms with E-state index in [9.17, 15) is 0 Å². The molecule has 0 amide bonds. The molecule has 0 aliphatic carbocycles. The lowest BCUT2D eigenvalue weighted by molar-refractivity contribution is 0.579. The van der Waals surface area contributed by atoms with Gasteiger partial charge in [-0.1, -0.05) is 56.3 Å². The minimum Gasteiger partial charge on any atom is -0.327 e. The van der Waals surface area contributed by atoms with E-state index in [4.69, 9.17) is 17.3 Å². The lowest BCUT2D eigenvalue weighted by atomic mass is 10.1. The van der Waals surface area contributed by atoms with Gasteiger partial charge < -0.3 is 5.73 Å². The van der Waals surface area contributed by atoms with Gasteiger partial charge in [0.2, 0.25) is 0 Å². The number of hydrogen-bond donors (Lipinski definition) is 1. The molecule has 0 radical (unpaired) electrons. The summed E-state index contributed by atoms with van der Waals surface area (Å²) < 4.78 is 0. The first-order valence-corrected chi connectivity index (χ1v) is 7.73. The Morgan fingerprint density at radius 2 is 2.00 bits per heavy atom. The number of unbranched alkanes of at least 4 members (excludes halogenated alkanes) is 3. The van der Waals surface area contributed by atoms with Crippen molar-refractivity contribution in [2.75, 3.05) is 5.75 Å². The van der Waals surface area contributed by atoms with Gasteiger partial charge in [0.15, 0.2) is 0 Å². The maximum absolute atomic E-state index is 6.09. The van der Waals surface area contributed by atoms with E-state index >= 15 is 0 Å². The predicted octanol–water partition coefficient (Wildman–Crippen LogP) is 4.73. The largest absolute Gasteiger partial charge is 0.327 e. The number of benzene rings is 1. The monoisotopic (exact) mass is 271 g/mol. The van der Waals surface area contributed by atoms with Gasteiger partial charge in [0.1, 0.15) is 0 Å². The zero-order valence-electron chi connectivity index (χ0n) is 10.5. The molecule has 96 valence electrons. The molecule has 0 spiro atoms. The van der Waals surface area contributed by atoms with E-state index in [2.05, 4.69) is 13.0 Å². The summed E-state index contributed by atoms with van der Waals surface area (Å²) in [6.45, 7) is 2.23. The van der Waals surface area contributed by atoms with Gasteiger partial charge in [-0.25, -0.2) is 0 Å². The molecule has 17 heavy (non-hydrogen) atoms. The molecule has 0 aliphatic heterocycles. The summed E-state index contributed by atoms with van der Waals surface area (Å²) >= 11 is 7.85. The highest BCUT2D eigenvalue weighted by Crippen LogP contribution is 2.27. The quantitative estimate of drug-likeness (QED) is 0.546. The molecular weight excluding hydrogens is 250 g/mol. The average Bonchev–Trinajstić information content (AvgIpc) is 2.34. The fraction of sp³-hybridized carbons (Fsp3) is 0.571. The molecule has 0 saturated carbocycles. The van der Waals surface area contributed by atoms with Crippen molar-refractivity contribution in [2.24, 2.45) is 5.73 Å². The molecule has 1 aromatic rings. The number of nitrogens with two attached hydrogens (primary N) is 1. The SMILES string of the molecule is CCCCCCC(N)CSc1ccccc1Cl. The molecular formula is C14H22ClNS. The van der Waals surface area contributed by atoms with Gasteiger partial charge in [0.25, 0.3) is 0 Å². The fourth-order valence-electron chi connectivity index (χ4n) is 1.68. The molecule has 0 aromatic heterocycles. The molecule has 0 saturated heterocycles. The smallest absolute Gasteiger partial charge is 0.0541 e. The van der Waals surface area contributed by atoms with Crippen molar-refractivity contribution in [3.05, 3.63) is 29.3 Å². The molecule has 0 aliphatic rings. The number of hydrogen-bond acceptors (Lipinski definition) is 2. The van der Waals surface area contributed by atoms with Gasteiger partial charge in [-0.05, 0) is 18.6 Å². The Morgan fingerprint density at radius 3 is 2.71 bits per heavy atom. The Bertz CT molecular complexity index is 317. The van der Waals surface area contributed by atoms with Gasteiger partial charge in [-0.15, -0.1) is 11.8 Å². The summed E-state index contributed by atoms with van der Waals surface area (Å²) in [5, 5.41) is 0.829. The average molecular weight is 272 g/mol. The molecule has 1 rings (SSSR count). The van der Waals surface area contributed by atoms with Crippen molar-refractivity contribution in [3.63, 3.8) is 0 Å². The van der Waals surface area contributed by atoms with Crippen LogP contribution >= 0.6 is 23.4 Å². The van der Waals surface area contributed by atoms with Gasteiger partial charge >= 0.3 is 0 Å². The van der Waals surface area contributed by atoms with Crippen LogP contribution in [0.1, 0.15) is 39.0 Å². The minimum absolute atomic E-state index is 0.285. The summed E-state index contributed by atoms with van der Waals surface area (Å²) in [5.41, 5.74) is 6.09. The van der Waals surface area contributed by atoms with E-state index in [1.807, 2.05) is 18.2 Å². The van der Waals surface area contributed by atoms with Gasteiger partial charge in [0, 0.05) is 16.7 Å². The van der Waals surface area contributed by atoms with Crippen LogP contribution in [0.3, 0.4) is 0 Å². The highest BCUT2D eigenvalue weighted by molar-refractivity contribution is 7.99. The first-order valence-electron chi connectivity index (χ1n) is 6.37. The van der Waals surface area contributed by atoms with E-state index in [1.165, 1.54) is 25.7 Å². The lowest BCUT2D eigenvalue weighted by Gasteiger charge is -2.11. The maximum atomic E-state index is 6.09. The second-order valence-electron chi connectivity index (χ2n) is 4.35. The zero-order valence-corrected chi connectivity index (χ0v) is 12.1. The van der Waals surface area contributed by atoms with Crippen LogP contribution in [0.5, 0.6) is 0 Å². The second kappa shape index (κ2) is 8.84. The minimum atomic E-state index is 0.285. The normalized spacial score (nSPS) is 12.6. The third-order valence-corrected chi connectivity index (χ3v) is 4.42. The number of rotatable bonds is 8. The molecule has 1 unspecified atom stereocenters.